The van der Waals surface area contributed by atoms with Crippen molar-refractivity contribution in [1.82, 2.24) is 4.90 Å². The lowest BCUT2D eigenvalue weighted by molar-refractivity contribution is -0.156. The number of carboxylic acid groups (broad SMARTS) is 1. The molecule has 5 heteroatoms. The summed E-state index contributed by atoms with van der Waals surface area (Å²) in [7, 11) is 1.69. The quantitative estimate of drug-likeness (QED) is 0.858. The zero-order valence-electron chi connectivity index (χ0n) is 11.5. The fraction of sp³-hybridized carbons (Fsp3) is 0.467. The van der Waals surface area contributed by atoms with E-state index in [1.54, 1.807) is 11.9 Å². The number of ether oxygens (including phenoxy) is 1. The molecule has 0 saturated heterocycles. The summed E-state index contributed by atoms with van der Waals surface area (Å²) in [5.41, 5.74) is 0. The number of amides is 1. The second-order valence-electron chi connectivity index (χ2n) is 5.05. The van der Waals surface area contributed by atoms with Crippen LogP contribution in [0.15, 0.2) is 30.3 Å². The van der Waals surface area contributed by atoms with Gasteiger partial charge in [0.1, 0.15) is 12.4 Å². The average molecular weight is 277 g/mol. The number of carbonyl (C=O) groups is 2. The molecule has 0 bridgehead atoms. The molecule has 0 radical (unpaired) electrons. The lowest BCUT2D eigenvalue weighted by Crippen LogP contribution is -2.45. The summed E-state index contributed by atoms with van der Waals surface area (Å²) in [4.78, 5) is 24.6. The molecular weight excluding hydrogens is 258 g/mol. The number of nitrogens with zero attached hydrogens (tertiary/aromatic N) is 1. The Bertz CT molecular complexity index is 474. The molecule has 20 heavy (non-hydrogen) atoms. The third-order valence-electron chi connectivity index (χ3n) is 3.72. The largest absolute Gasteiger partial charge is 0.492 e. The van der Waals surface area contributed by atoms with Crippen molar-refractivity contribution in [3.63, 3.8) is 0 Å². The highest BCUT2D eigenvalue weighted by Crippen LogP contribution is 2.35. The number of rotatable bonds is 6. The van der Waals surface area contributed by atoms with Gasteiger partial charge in [-0.1, -0.05) is 18.2 Å². The van der Waals surface area contributed by atoms with Gasteiger partial charge in [-0.25, -0.2) is 0 Å². The second-order valence-corrected chi connectivity index (χ2v) is 5.05. The standard InChI is InChI=1S/C15H19NO4/c1-16(9-10-20-11-5-3-2-4-6-11)14(17)12-7-8-13(12)15(18)19/h2-6,12-13H,7-10H2,1H3,(H,18,19). The van der Waals surface area contributed by atoms with Crippen LogP contribution in [0.3, 0.4) is 0 Å². The monoisotopic (exact) mass is 277 g/mol. The van der Waals surface area contributed by atoms with E-state index in [1.807, 2.05) is 30.3 Å². The van der Waals surface area contributed by atoms with Gasteiger partial charge in [0.25, 0.3) is 0 Å². The minimum absolute atomic E-state index is 0.0969. The summed E-state index contributed by atoms with van der Waals surface area (Å²) in [6.07, 6.45) is 1.26. The first kappa shape index (κ1) is 14.4. The number of carboxylic acids is 1. The molecule has 0 aliphatic heterocycles. The molecule has 108 valence electrons. The molecule has 2 unspecified atom stereocenters. The van der Waals surface area contributed by atoms with Crippen LogP contribution in [0.4, 0.5) is 0 Å². The van der Waals surface area contributed by atoms with E-state index in [0.717, 1.165) is 5.75 Å². The average Bonchev–Trinajstić information content (AvgIpc) is 2.37. The number of para-hydroxylation sites is 1. The third-order valence-corrected chi connectivity index (χ3v) is 3.72. The lowest BCUT2D eigenvalue weighted by Gasteiger charge is -2.34. The molecule has 1 fully saturated rings. The molecule has 1 N–H and O–H groups in total. The Morgan fingerprint density at radius 2 is 1.90 bits per heavy atom. The van der Waals surface area contributed by atoms with Gasteiger partial charge < -0.3 is 14.7 Å². The summed E-state index contributed by atoms with van der Waals surface area (Å²) in [6.45, 7) is 0.854. The Balaban J connectivity index is 1.76. The third kappa shape index (κ3) is 3.29. The molecule has 2 atom stereocenters. The Morgan fingerprint density at radius 3 is 2.45 bits per heavy atom. The lowest BCUT2D eigenvalue weighted by atomic mass is 9.73. The molecule has 2 rings (SSSR count). The van der Waals surface area contributed by atoms with Crippen LogP contribution in [0.1, 0.15) is 12.8 Å². The van der Waals surface area contributed by atoms with E-state index in [1.165, 1.54) is 0 Å². The van der Waals surface area contributed by atoms with Crippen molar-refractivity contribution in [2.45, 2.75) is 12.8 Å². The van der Waals surface area contributed by atoms with Gasteiger partial charge in [0.15, 0.2) is 0 Å². The second kappa shape index (κ2) is 6.41. The van der Waals surface area contributed by atoms with Crippen LogP contribution < -0.4 is 4.74 Å². The minimum atomic E-state index is -0.872. The fourth-order valence-corrected chi connectivity index (χ4v) is 2.30. The van der Waals surface area contributed by atoms with Gasteiger partial charge in [-0.05, 0) is 25.0 Å². The maximum absolute atomic E-state index is 12.1. The molecule has 1 aromatic rings. The van der Waals surface area contributed by atoms with E-state index in [0.29, 0.717) is 26.0 Å². The van der Waals surface area contributed by atoms with Crippen LogP contribution in [0.5, 0.6) is 5.75 Å². The van der Waals surface area contributed by atoms with E-state index in [-0.39, 0.29) is 11.8 Å². The van der Waals surface area contributed by atoms with Crippen molar-refractivity contribution in [1.29, 1.82) is 0 Å². The molecule has 1 aliphatic rings. The number of hydrogen-bond donors (Lipinski definition) is 1. The Morgan fingerprint density at radius 1 is 1.25 bits per heavy atom. The molecule has 1 aliphatic carbocycles. The molecule has 0 spiro atoms. The maximum atomic E-state index is 12.1. The number of carbonyl (C=O) groups excluding carboxylic acids is 1. The number of benzene rings is 1. The highest BCUT2D eigenvalue weighted by molar-refractivity contribution is 5.86. The summed E-state index contributed by atoms with van der Waals surface area (Å²) < 4.78 is 5.52. The van der Waals surface area contributed by atoms with Crippen molar-refractivity contribution in [2.75, 3.05) is 20.2 Å². The molecular formula is C15H19NO4. The Kier molecular flexibility index (Phi) is 4.61. The molecule has 5 nitrogen and oxygen atoms in total. The topological polar surface area (TPSA) is 66.8 Å². The molecule has 0 heterocycles. The summed E-state index contributed by atoms with van der Waals surface area (Å²) in [5.74, 6) is -1.08. The first-order chi connectivity index (χ1) is 9.59. The predicted octanol–water partition coefficient (Wildman–Crippen LogP) is 1.63. The van der Waals surface area contributed by atoms with Crippen LogP contribution in [0.2, 0.25) is 0 Å². The van der Waals surface area contributed by atoms with Gasteiger partial charge in [0.05, 0.1) is 18.4 Å². The van der Waals surface area contributed by atoms with Crippen LogP contribution in [-0.2, 0) is 9.59 Å². The smallest absolute Gasteiger partial charge is 0.307 e. The first-order valence-corrected chi connectivity index (χ1v) is 6.75. The Hall–Kier alpha value is -2.04. The molecule has 1 amide bonds. The zero-order valence-corrected chi connectivity index (χ0v) is 11.5. The van der Waals surface area contributed by atoms with E-state index in [9.17, 15) is 9.59 Å². The van der Waals surface area contributed by atoms with E-state index < -0.39 is 11.9 Å². The van der Waals surface area contributed by atoms with Crippen LogP contribution in [-0.4, -0.2) is 42.1 Å². The highest BCUT2D eigenvalue weighted by atomic mass is 16.5. The van der Waals surface area contributed by atoms with Gasteiger partial charge in [0.2, 0.25) is 5.91 Å². The van der Waals surface area contributed by atoms with Crippen molar-refractivity contribution < 1.29 is 19.4 Å². The van der Waals surface area contributed by atoms with Gasteiger partial charge >= 0.3 is 5.97 Å². The summed E-state index contributed by atoms with van der Waals surface area (Å²) in [6, 6.07) is 9.39. The summed E-state index contributed by atoms with van der Waals surface area (Å²) >= 11 is 0. The van der Waals surface area contributed by atoms with Crippen LogP contribution in [0.25, 0.3) is 0 Å². The number of aliphatic carboxylic acids is 1. The van der Waals surface area contributed by atoms with Gasteiger partial charge in [0, 0.05) is 7.05 Å². The van der Waals surface area contributed by atoms with E-state index >= 15 is 0 Å². The summed E-state index contributed by atoms with van der Waals surface area (Å²) in [5, 5.41) is 8.96. The van der Waals surface area contributed by atoms with Crippen LogP contribution in [0, 0.1) is 11.8 Å². The van der Waals surface area contributed by atoms with Gasteiger partial charge in [-0.3, -0.25) is 9.59 Å². The maximum Gasteiger partial charge on any atom is 0.307 e. The molecule has 1 saturated carbocycles. The van der Waals surface area contributed by atoms with Crippen molar-refractivity contribution in [2.24, 2.45) is 11.8 Å². The van der Waals surface area contributed by atoms with Gasteiger partial charge in [-0.15, -0.1) is 0 Å². The van der Waals surface area contributed by atoms with E-state index in [4.69, 9.17) is 9.84 Å². The molecule has 1 aromatic carbocycles. The number of likely N-dealkylation sites (N-methyl/N-ethyl adjacent to an activating group) is 1. The minimum Gasteiger partial charge on any atom is -0.492 e. The van der Waals surface area contributed by atoms with Crippen molar-refractivity contribution >= 4 is 11.9 Å². The predicted molar refractivity (Wildman–Crippen MR) is 73.4 cm³/mol. The number of hydrogen-bond acceptors (Lipinski definition) is 3. The van der Waals surface area contributed by atoms with Gasteiger partial charge in [-0.2, -0.15) is 0 Å². The van der Waals surface area contributed by atoms with Crippen LogP contribution >= 0.6 is 0 Å². The highest BCUT2D eigenvalue weighted by Gasteiger charge is 2.42. The Labute approximate surface area is 118 Å². The first-order valence-electron chi connectivity index (χ1n) is 6.75. The molecule has 0 aromatic heterocycles. The normalized spacial score (nSPS) is 20.9. The fourth-order valence-electron chi connectivity index (χ4n) is 2.30. The SMILES string of the molecule is CN(CCOc1ccccc1)C(=O)C1CCC1C(=O)O. The van der Waals surface area contributed by atoms with E-state index in [2.05, 4.69) is 0 Å². The van der Waals surface area contributed by atoms with Crippen molar-refractivity contribution in [3.05, 3.63) is 30.3 Å². The zero-order chi connectivity index (χ0) is 14.5. The van der Waals surface area contributed by atoms with Crippen molar-refractivity contribution in [3.8, 4) is 5.75 Å².